The van der Waals surface area contributed by atoms with Crippen molar-refractivity contribution in [1.29, 1.82) is 0 Å². The maximum absolute atomic E-state index is 11.8. The summed E-state index contributed by atoms with van der Waals surface area (Å²) in [6.07, 6.45) is 1.43. The molecule has 0 radical (unpaired) electrons. The van der Waals surface area contributed by atoms with Crippen molar-refractivity contribution in [2.24, 2.45) is 0 Å². The van der Waals surface area contributed by atoms with Gasteiger partial charge in [-0.3, -0.25) is 4.79 Å². The predicted octanol–water partition coefficient (Wildman–Crippen LogP) is 4.03. The van der Waals surface area contributed by atoms with Gasteiger partial charge >= 0.3 is 0 Å². The highest BCUT2D eigenvalue weighted by atomic mass is 35.5. The summed E-state index contributed by atoms with van der Waals surface area (Å²) in [5.74, 6) is 0.707. The van der Waals surface area contributed by atoms with Crippen LogP contribution in [0.5, 0.6) is 0 Å². The van der Waals surface area contributed by atoms with Gasteiger partial charge in [0.2, 0.25) is 0 Å². The lowest BCUT2D eigenvalue weighted by Crippen LogP contribution is -2.12. The van der Waals surface area contributed by atoms with Crippen LogP contribution in [0.1, 0.15) is 16.1 Å². The molecule has 2 N–H and O–H groups in total. The first-order valence-corrected chi connectivity index (χ1v) is 7.21. The number of aromatic nitrogens is 2. The van der Waals surface area contributed by atoms with Gasteiger partial charge in [-0.1, -0.05) is 17.7 Å². The minimum Gasteiger partial charge on any atom is -0.459 e. The Morgan fingerprint density at radius 3 is 2.57 bits per heavy atom. The lowest BCUT2D eigenvalue weighted by Gasteiger charge is -2.07. The number of aryl methyl sites for hydroxylation is 1. The van der Waals surface area contributed by atoms with Gasteiger partial charge in [0.25, 0.3) is 5.91 Å². The fraction of sp³-hybridized carbons (Fsp3) is 0.0625. The summed E-state index contributed by atoms with van der Waals surface area (Å²) in [6, 6.07) is 12.2. The van der Waals surface area contributed by atoms with E-state index in [1.807, 2.05) is 25.1 Å². The van der Waals surface area contributed by atoms with Gasteiger partial charge < -0.3 is 15.1 Å². The summed E-state index contributed by atoms with van der Waals surface area (Å²) in [7, 11) is 0. The lowest BCUT2D eigenvalue weighted by molar-refractivity contribution is 0.0996. The minimum absolute atomic E-state index is 0.211. The van der Waals surface area contributed by atoms with E-state index in [0.717, 1.165) is 11.3 Å². The van der Waals surface area contributed by atoms with Crippen molar-refractivity contribution in [2.75, 3.05) is 10.6 Å². The molecule has 6 nitrogen and oxygen atoms in total. The molecule has 23 heavy (non-hydrogen) atoms. The third kappa shape index (κ3) is 3.67. The van der Waals surface area contributed by atoms with Crippen LogP contribution in [0.4, 0.5) is 17.3 Å². The SMILES string of the molecule is Cc1ccc(Nc2ccc(NC(=O)c3ccco3)nn2)cc1Cl. The highest BCUT2D eigenvalue weighted by Crippen LogP contribution is 2.22. The summed E-state index contributed by atoms with van der Waals surface area (Å²) in [4.78, 5) is 11.8. The molecule has 0 aliphatic carbocycles. The molecule has 2 heterocycles. The van der Waals surface area contributed by atoms with E-state index < -0.39 is 0 Å². The number of benzene rings is 1. The normalized spacial score (nSPS) is 10.3. The van der Waals surface area contributed by atoms with Crippen LogP contribution in [0.3, 0.4) is 0 Å². The molecular formula is C16H13ClN4O2. The molecule has 7 heteroatoms. The Balaban J connectivity index is 1.67. The first kappa shape index (κ1) is 15.1. The average molecular weight is 329 g/mol. The van der Waals surface area contributed by atoms with E-state index >= 15 is 0 Å². The van der Waals surface area contributed by atoms with E-state index in [-0.39, 0.29) is 11.7 Å². The van der Waals surface area contributed by atoms with Gasteiger partial charge in [0.05, 0.1) is 6.26 Å². The zero-order valence-electron chi connectivity index (χ0n) is 12.2. The van der Waals surface area contributed by atoms with Gasteiger partial charge in [-0.2, -0.15) is 0 Å². The first-order chi connectivity index (χ1) is 11.1. The van der Waals surface area contributed by atoms with E-state index in [1.165, 1.54) is 6.26 Å². The number of rotatable bonds is 4. The van der Waals surface area contributed by atoms with Crippen LogP contribution in [-0.2, 0) is 0 Å². The molecular weight excluding hydrogens is 316 g/mol. The van der Waals surface area contributed by atoms with Crippen molar-refractivity contribution in [3.63, 3.8) is 0 Å². The van der Waals surface area contributed by atoms with E-state index in [1.54, 1.807) is 24.3 Å². The van der Waals surface area contributed by atoms with Gasteiger partial charge in [-0.25, -0.2) is 0 Å². The number of furan rings is 1. The second-order valence-corrected chi connectivity index (χ2v) is 5.23. The molecule has 0 aliphatic heterocycles. The number of hydrogen-bond donors (Lipinski definition) is 2. The van der Waals surface area contributed by atoms with Crippen LogP contribution < -0.4 is 10.6 Å². The van der Waals surface area contributed by atoms with Crippen molar-refractivity contribution >= 4 is 34.8 Å². The largest absolute Gasteiger partial charge is 0.459 e. The fourth-order valence-electron chi connectivity index (χ4n) is 1.87. The number of anilines is 3. The van der Waals surface area contributed by atoms with E-state index in [0.29, 0.717) is 16.7 Å². The molecule has 1 amide bonds. The zero-order valence-corrected chi connectivity index (χ0v) is 13.0. The number of carbonyl (C=O) groups excluding carboxylic acids is 1. The highest BCUT2D eigenvalue weighted by Gasteiger charge is 2.09. The van der Waals surface area contributed by atoms with Gasteiger partial charge in [-0.05, 0) is 48.9 Å². The predicted molar refractivity (Wildman–Crippen MR) is 88.2 cm³/mol. The van der Waals surface area contributed by atoms with E-state index in [2.05, 4.69) is 20.8 Å². The lowest BCUT2D eigenvalue weighted by atomic mass is 10.2. The summed E-state index contributed by atoms with van der Waals surface area (Å²) >= 11 is 6.08. The summed E-state index contributed by atoms with van der Waals surface area (Å²) < 4.78 is 5.01. The van der Waals surface area contributed by atoms with Crippen LogP contribution in [0, 0.1) is 6.92 Å². The Hall–Kier alpha value is -2.86. The van der Waals surface area contributed by atoms with Gasteiger partial charge in [0.1, 0.15) is 0 Å². The number of amides is 1. The number of nitrogens with one attached hydrogen (secondary N) is 2. The number of carbonyl (C=O) groups is 1. The highest BCUT2D eigenvalue weighted by molar-refractivity contribution is 6.31. The number of halogens is 1. The topological polar surface area (TPSA) is 80.0 Å². The second kappa shape index (κ2) is 6.50. The third-order valence-corrected chi connectivity index (χ3v) is 3.50. The maximum Gasteiger partial charge on any atom is 0.292 e. The fourth-order valence-corrected chi connectivity index (χ4v) is 2.05. The molecule has 2 aromatic heterocycles. The van der Waals surface area contributed by atoms with Gasteiger partial charge in [0.15, 0.2) is 17.4 Å². The van der Waals surface area contributed by atoms with Crippen LogP contribution in [0.25, 0.3) is 0 Å². The minimum atomic E-state index is -0.379. The monoisotopic (exact) mass is 328 g/mol. The molecule has 0 atom stereocenters. The Bertz CT molecular complexity index is 817. The van der Waals surface area contributed by atoms with Gasteiger partial charge in [-0.15, -0.1) is 10.2 Å². The van der Waals surface area contributed by atoms with Crippen molar-refractivity contribution in [1.82, 2.24) is 10.2 Å². The first-order valence-electron chi connectivity index (χ1n) is 6.83. The Morgan fingerprint density at radius 2 is 1.91 bits per heavy atom. The number of nitrogens with zero attached hydrogens (tertiary/aromatic N) is 2. The Labute approximate surface area is 137 Å². The molecule has 0 saturated heterocycles. The average Bonchev–Trinajstić information content (AvgIpc) is 3.07. The molecule has 0 aliphatic rings. The maximum atomic E-state index is 11.8. The quantitative estimate of drug-likeness (QED) is 0.756. The summed E-state index contributed by atoms with van der Waals surface area (Å²) in [6.45, 7) is 1.93. The standard InChI is InChI=1S/C16H13ClN4O2/c1-10-4-5-11(9-12(10)17)18-14-6-7-15(21-20-14)19-16(22)13-3-2-8-23-13/h2-9H,1H3,(H,18,20)(H,19,21,22). The molecule has 0 fully saturated rings. The molecule has 0 unspecified atom stereocenters. The van der Waals surface area contributed by atoms with Crippen molar-refractivity contribution in [3.8, 4) is 0 Å². The Kier molecular flexibility index (Phi) is 4.25. The molecule has 116 valence electrons. The summed E-state index contributed by atoms with van der Waals surface area (Å²) in [5, 5.41) is 14.3. The number of hydrogen-bond acceptors (Lipinski definition) is 5. The molecule has 3 aromatic rings. The van der Waals surface area contributed by atoms with Crippen LogP contribution >= 0.6 is 11.6 Å². The second-order valence-electron chi connectivity index (χ2n) is 4.82. The molecule has 1 aromatic carbocycles. The third-order valence-electron chi connectivity index (χ3n) is 3.10. The van der Waals surface area contributed by atoms with Crippen LogP contribution in [-0.4, -0.2) is 16.1 Å². The molecule has 0 spiro atoms. The van der Waals surface area contributed by atoms with Gasteiger partial charge in [0, 0.05) is 10.7 Å². The van der Waals surface area contributed by atoms with E-state index in [4.69, 9.17) is 16.0 Å². The van der Waals surface area contributed by atoms with E-state index in [9.17, 15) is 4.79 Å². The Morgan fingerprint density at radius 1 is 1.13 bits per heavy atom. The van der Waals surface area contributed by atoms with Crippen molar-refractivity contribution < 1.29 is 9.21 Å². The van der Waals surface area contributed by atoms with Crippen molar-refractivity contribution in [2.45, 2.75) is 6.92 Å². The zero-order chi connectivity index (χ0) is 16.2. The molecule has 0 bridgehead atoms. The van der Waals surface area contributed by atoms with Crippen LogP contribution in [0.15, 0.2) is 53.1 Å². The smallest absolute Gasteiger partial charge is 0.292 e. The summed E-state index contributed by atoms with van der Waals surface area (Å²) in [5.41, 5.74) is 1.81. The van der Waals surface area contributed by atoms with Crippen LogP contribution in [0.2, 0.25) is 5.02 Å². The van der Waals surface area contributed by atoms with Crippen molar-refractivity contribution in [3.05, 3.63) is 65.1 Å². The molecule has 0 saturated carbocycles. The molecule has 3 rings (SSSR count).